The highest BCUT2D eigenvalue weighted by atomic mass is 19.1. The van der Waals surface area contributed by atoms with E-state index >= 15 is 0 Å². The number of halogens is 1. The second-order valence-electron chi connectivity index (χ2n) is 7.30. The van der Waals surface area contributed by atoms with Crippen LogP contribution in [0.25, 0.3) is 22.6 Å². The van der Waals surface area contributed by atoms with Crippen LogP contribution in [-0.4, -0.2) is 41.9 Å². The van der Waals surface area contributed by atoms with E-state index in [0.29, 0.717) is 42.1 Å². The van der Waals surface area contributed by atoms with Gasteiger partial charge in [0.1, 0.15) is 5.82 Å². The molecule has 1 aliphatic carbocycles. The van der Waals surface area contributed by atoms with Crippen LogP contribution in [0.3, 0.4) is 0 Å². The van der Waals surface area contributed by atoms with Crippen molar-refractivity contribution in [2.45, 2.75) is 37.8 Å². The molecule has 0 spiro atoms. The predicted molar refractivity (Wildman–Crippen MR) is 108 cm³/mol. The molecule has 0 aliphatic heterocycles. The molecule has 1 saturated carbocycles. The van der Waals surface area contributed by atoms with Crippen LogP contribution in [0.1, 0.15) is 31.7 Å². The molecule has 0 radical (unpaired) electrons. The van der Waals surface area contributed by atoms with Gasteiger partial charge in [-0.2, -0.15) is 0 Å². The monoisotopic (exact) mass is 411 g/mol. The fourth-order valence-corrected chi connectivity index (χ4v) is 3.98. The normalized spacial score (nSPS) is 18.9. The number of rotatable bonds is 4. The van der Waals surface area contributed by atoms with Crippen LogP contribution in [0, 0.1) is 5.82 Å². The molecule has 2 heterocycles. The van der Waals surface area contributed by atoms with E-state index in [0.717, 1.165) is 11.3 Å². The first-order valence-electron chi connectivity index (χ1n) is 9.63. The molecule has 2 amide bonds. The lowest BCUT2D eigenvalue weighted by molar-refractivity contribution is -0.0865. The zero-order chi connectivity index (χ0) is 21.3. The number of benzene rings is 1. The van der Waals surface area contributed by atoms with Crippen LogP contribution in [0.15, 0.2) is 42.9 Å². The Morgan fingerprint density at radius 2 is 1.83 bits per heavy atom. The summed E-state index contributed by atoms with van der Waals surface area (Å²) >= 11 is 0. The number of carbonyl (C=O) groups is 1. The Balaban J connectivity index is 1.70. The average Bonchev–Trinajstić information content (AvgIpc) is 3.19. The molecule has 3 aromatic rings. The highest BCUT2D eigenvalue weighted by Crippen LogP contribution is 2.37. The number of hydroxylamine groups is 2. The molecule has 156 valence electrons. The summed E-state index contributed by atoms with van der Waals surface area (Å²) in [6, 6.07) is 6.79. The van der Waals surface area contributed by atoms with E-state index in [2.05, 4.69) is 15.0 Å². The minimum atomic E-state index is -0.850. The Morgan fingerprint density at radius 1 is 1.13 bits per heavy atom. The van der Waals surface area contributed by atoms with E-state index in [4.69, 9.17) is 11.5 Å². The molecule has 1 aliphatic rings. The van der Waals surface area contributed by atoms with Gasteiger partial charge in [0.05, 0.1) is 29.5 Å². The maximum absolute atomic E-state index is 13.4. The van der Waals surface area contributed by atoms with Crippen molar-refractivity contribution in [3.8, 4) is 22.6 Å². The minimum absolute atomic E-state index is 0.0791. The molecule has 5 N–H and O–H groups in total. The molecule has 1 aromatic carbocycles. The lowest BCUT2D eigenvalue weighted by Gasteiger charge is -2.33. The molecule has 4 rings (SSSR count). The molecule has 0 bridgehead atoms. The Hall–Kier alpha value is -3.53. The summed E-state index contributed by atoms with van der Waals surface area (Å²) in [6.45, 7) is 0. The summed E-state index contributed by atoms with van der Waals surface area (Å²) in [4.78, 5) is 24.1. The Morgan fingerprint density at radius 3 is 2.47 bits per heavy atom. The van der Waals surface area contributed by atoms with Gasteiger partial charge in [-0.05, 0) is 56.0 Å². The van der Waals surface area contributed by atoms with Crippen LogP contribution in [0.2, 0.25) is 0 Å². The summed E-state index contributed by atoms with van der Waals surface area (Å²) in [6.07, 6.45) is 5.93. The number of urea groups is 1. The van der Waals surface area contributed by atoms with Crippen molar-refractivity contribution in [3.05, 3.63) is 48.7 Å². The molecule has 1 fully saturated rings. The lowest BCUT2D eigenvalue weighted by Crippen LogP contribution is -2.43. The highest BCUT2D eigenvalue weighted by Gasteiger charge is 2.30. The van der Waals surface area contributed by atoms with Crippen LogP contribution < -0.4 is 11.5 Å². The van der Waals surface area contributed by atoms with Crippen molar-refractivity contribution >= 4 is 12.0 Å². The maximum Gasteiger partial charge on any atom is 0.338 e. The van der Waals surface area contributed by atoms with Gasteiger partial charge in [0.25, 0.3) is 0 Å². The summed E-state index contributed by atoms with van der Waals surface area (Å²) in [5.74, 6) is -0.182. The zero-order valence-corrected chi connectivity index (χ0v) is 16.1. The second kappa shape index (κ2) is 8.07. The third-order valence-electron chi connectivity index (χ3n) is 5.46. The van der Waals surface area contributed by atoms with Gasteiger partial charge in [0, 0.05) is 17.8 Å². The van der Waals surface area contributed by atoms with Crippen LogP contribution in [-0.2, 0) is 0 Å². The third kappa shape index (κ3) is 3.81. The van der Waals surface area contributed by atoms with E-state index in [1.54, 1.807) is 30.7 Å². The number of primary amides is 1. The molecule has 10 heteroatoms. The topological polar surface area (TPSA) is 136 Å². The van der Waals surface area contributed by atoms with Crippen molar-refractivity contribution in [3.63, 3.8) is 0 Å². The number of nitrogens with two attached hydrogens (primary N) is 2. The fraction of sp³-hybridized carbons (Fsp3) is 0.300. The van der Waals surface area contributed by atoms with Crippen LogP contribution in [0.4, 0.5) is 15.1 Å². The molecule has 0 saturated heterocycles. The number of anilines is 1. The SMILES string of the molecule is NC(=O)N(O)C1CCC(n2cnc(-c3ccc(F)cc3)c2-c2ccnc(N)n2)CC1. The van der Waals surface area contributed by atoms with Gasteiger partial charge in [-0.15, -0.1) is 0 Å². The van der Waals surface area contributed by atoms with Gasteiger partial charge in [-0.3, -0.25) is 5.21 Å². The number of nitrogens with zero attached hydrogens (tertiary/aromatic N) is 5. The summed E-state index contributed by atoms with van der Waals surface area (Å²) < 4.78 is 15.4. The zero-order valence-electron chi connectivity index (χ0n) is 16.1. The number of hydrogen-bond acceptors (Lipinski definition) is 6. The number of imidazole rings is 1. The molecular formula is C20H22FN7O2. The quantitative estimate of drug-likeness (QED) is 0.446. The van der Waals surface area contributed by atoms with Gasteiger partial charge in [-0.1, -0.05) is 0 Å². The molecule has 30 heavy (non-hydrogen) atoms. The number of aromatic nitrogens is 4. The van der Waals surface area contributed by atoms with E-state index in [1.165, 1.54) is 12.1 Å². The van der Waals surface area contributed by atoms with Gasteiger partial charge < -0.3 is 16.0 Å². The molecular weight excluding hydrogens is 389 g/mol. The van der Waals surface area contributed by atoms with E-state index in [-0.39, 0.29) is 23.8 Å². The Labute approximate surface area is 172 Å². The molecule has 0 atom stereocenters. The number of nitrogen functional groups attached to an aromatic ring is 1. The van der Waals surface area contributed by atoms with Crippen molar-refractivity contribution in [1.29, 1.82) is 0 Å². The van der Waals surface area contributed by atoms with Crippen LogP contribution >= 0.6 is 0 Å². The third-order valence-corrected chi connectivity index (χ3v) is 5.46. The van der Waals surface area contributed by atoms with Gasteiger partial charge in [0.15, 0.2) is 0 Å². The molecule has 0 unspecified atom stereocenters. The summed E-state index contributed by atoms with van der Waals surface area (Å²) in [5.41, 5.74) is 13.8. The minimum Gasteiger partial charge on any atom is -0.368 e. The van der Waals surface area contributed by atoms with Crippen molar-refractivity contribution < 1.29 is 14.4 Å². The Kier molecular flexibility index (Phi) is 5.32. The summed E-state index contributed by atoms with van der Waals surface area (Å²) in [5, 5.41) is 10.4. The first-order chi connectivity index (χ1) is 14.4. The fourth-order valence-electron chi connectivity index (χ4n) is 3.98. The molecule has 9 nitrogen and oxygen atoms in total. The van der Waals surface area contributed by atoms with E-state index in [9.17, 15) is 14.4 Å². The number of amides is 2. The number of carbonyl (C=O) groups excluding carboxylic acids is 1. The first kappa shape index (κ1) is 19.8. The second-order valence-corrected chi connectivity index (χ2v) is 7.30. The first-order valence-corrected chi connectivity index (χ1v) is 9.63. The number of hydrogen-bond donors (Lipinski definition) is 3. The molecule has 2 aromatic heterocycles. The summed E-state index contributed by atoms with van der Waals surface area (Å²) in [7, 11) is 0. The largest absolute Gasteiger partial charge is 0.368 e. The standard InChI is InChI=1S/C20H22FN7O2/c21-13-3-1-12(2-4-13)17-18(16-9-10-24-19(22)26-16)27(11-25-17)14-5-7-15(8-6-14)28(30)20(23)29/h1-4,9-11,14-15,30H,5-8H2,(H2,23,29)(H2,22,24,26). The Bertz CT molecular complexity index is 1050. The van der Waals surface area contributed by atoms with Gasteiger partial charge in [0.2, 0.25) is 5.95 Å². The lowest BCUT2D eigenvalue weighted by atomic mass is 9.90. The average molecular weight is 411 g/mol. The van der Waals surface area contributed by atoms with Crippen molar-refractivity contribution in [1.82, 2.24) is 24.6 Å². The van der Waals surface area contributed by atoms with Crippen molar-refractivity contribution in [2.24, 2.45) is 5.73 Å². The van der Waals surface area contributed by atoms with E-state index in [1.807, 2.05) is 4.57 Å². The maximum atomic E-state index is 13.4. The van der Waals surface area contributed by atoms with E-state index < -0.39 is 6.03 Å². The smallest absolute Gasteiger partial charge is 0.338 e. The highest BCUT2D eigenvalue weighted by molar-refractivity contribution is 5.77. The van der Waals surface area contributed by atoms with Crippen molar-refractivity contribution in [2.75, 3.05) is 5.73 Å². The van der Waals surface area contributed by atoms with Gasteiger partial charge in [-0.25, -0.2) is 29.2 Å². The van der Waals surface area contributed by atoms with Crippen LogP contribution in [0.5, 0.6) is 0 Å². The van der Waals surface area contributed by atoms with Gasteiger partial charge >= 0.3 is 6.03 Å². The predicted octanol–water partition coefficient (Wildman–Crippen LogP) is 2.98.